The average molecular weight is 352 g/mol. The van der Waals surface area contributed by atoms with Crippen LogP contribution in [-0.2, 0) is 13.6 Å². The molecular formula is C19H20N4O3. The fraction of sp³-hybridized carbons (Fsp3) is 0.211. The molecule has 1 heterocycles. The van der Waals surface area contributed by atoms with E-state index in [1.54, 1.807) is 31.3 Å². The molecule has 0 radical (unpaired) electrons. The lowest BCUT2D eigenvalue weighted by Crippen LogP contribution is -2.31. The Morgan fingerprint density at radius 1 is 1.12 bits per heavy atom. The molecule has 3 aromatic rings. The third-order valence-corrected chi connectivity index (χ3v) is 4.03. The maximum Gasteiger partial charge on any atom is 0.345 e. The van der Waals surface area contributed by atoms with Crippen LogP contribution < -0.4 is 15.7 Å². The van der Waals surface area contributed by atoms with E-state index in [1.165, 1.54) is 16.4 Å². The first-order valence-corrected chi connectivity index (χ1v) is 8.22. The van der Waals surface area contributed by atoms with Gasteiger partial charge in [-0.25, -0.2) is 9.48 Å². The number of amides is 1. The van der Waals surface area contributed by atoms with Gasteiger partial charge < -0.3 is 10.1 Å². The summed E-state index contributed by atoms with van der Waals surface area (Å²) < 4.78 is 8.04. The zero-order valence-electron chi connectivity index (χ0n) is 14.7. The molecule has 0 spiro atoms. The molecule has 0 saturated carbocycles. The summed E-state index contributed by atoms with van der Waals surface area (Å²) in [7, 11) is 3.20. The van der Waals surface area contributed by atoms with E-state index in [9.17, 15) is 9.59 Å². The fourth-order valence-corrected chi connectivity index (χ4v) is 2.67. The van der Waals surface area contributed by atoms with Crippen molar-refractivity contribution in [1.82, 2.24) is 19.7 Å². The fourth-order valence-electron chi connectivity index (χ4n) is 2.67. The van der Waals surface area contributed by atoms with Gasteiger partial charge in [-0.1, -0.05) is 42.5 Å². The van der Waals surface area contributed by atoms with Crippen LogP contribution in [0.4, 0.5) is 0 Å². The molecule has 0 bridgehead atoms. The minimum atomic E-state index is -0.255. The van der Waals surface area contributed by atoms with E-state index in [-0.39, 0.29) is 24.7 Å². The van der Waals surface area contributed by atoms with Gasteiger partial charge in [-0.15, -0.1) is 5.10 Å². The summed E-state index contributed by atoms with van der Waals surface area (Å²) in [6.45, 7) is 0.558. The molecular weight excluding hydrogens is 332 g/mol. The minimum absolute atomic E-state index is 0.226. The second-order valence-corrected chi connectivity index (χ2v) is 5.71. The van der Waals surface area contributed by atoms with E-state index in [2.05, 4.69) is 10.4 Å². The Morgan fingerprint density at radius 2 is 1.81 bits per heavy atom. The van der Waals surface area contributed by atoms with Crippen molar-refractivity contribution in [2.45, 2.75) is 6.54 Å². The molecule has 1 N–H and O–H groups in total. The van der Waals surface area contributed by atoms with Crippen molar-refractivity contribution in [2.75, 3.05) is 13.7 Å². The highest BCUT2D eigenvalue weighted by Crippen LogP contribution is 2.17. The van der Waals surface area contributed by atoms with Crippen molar-refractivity contribution in [3.05, 3.63) is 70.6 Å². The molecule has 1 aromatic heterocycles. The lowest BCUT2D eigenvalue weighted by atomic mass is 10.2. The van der Waals surface area contributed by atoms with E-state index < -0.39 is 0 Å². The van der Waals surface area contributed by atoms with Gasteiger partial charge in [-0.2, -0.15) is 0 Å². The van der Waals surface area contributed by atoms with Crippen LogP contribution in [0.5, 0.6) is 5.75 Å². The second kappa shape index (κ2) is 7.69. The topological polar surface area (TPSA) is 78.2 Å². The summed E-state index contributed by atoms with van der Waals surface area (Å²) in [5, 5.41) is 7.16. The van der Waals surface area contributed by atoms with Crippen LogP contribution >= 0.6 is 0 Å². The molecule has 7 heteroatoms. The number of nitrogens with zero attached hydrogens (tertiary/aromatic N) is 3. The molecule has 0 atom stereocenters. The van der Waals surface area contributed by atoms with Gasteiger partial charge in [-0.05, 0) is 12.1 Å². The van der Waals surface area contributed by atoms with Gasteiger partial charge in [0.15, 0.2) is 5.82 Å². The Hall–Kier alpha value is -3.35. The normalized spacial score (nSPS) is 10.5. The van der Waals surface area contributed by atoms with Crippen LogP contribution in [0.1, 0.15) is 10.4 Å². The van der Waals surface area contributed by atoms with Crippen molar-refractivity contribution in [3.63, 3.8) is 0 Å². The number of ether oxygens (including phenoxy) is 1. The van der Waals surface area contributed by atoms with Crippen LogP contribution in [-0.4, -0.2) is 33.9 Å². The molecule has 0 unspecified atom stereocenters. The Labute approximate surface area is 150 Å². The zero-order chi connectivity index (χ0) is 18.5. The first kappa shape index (κ1) is 17.5. The Morgan fingerprint density at radius 3 is 2.54 bits per heavy atom. The number of para-hydroxylation sites is 1. The lowest BCUT2D eigenvalue weighted by molar-refractivity contribution is 0.0948. The van der Waals surface area contributed by atoms with Crippen LogP contribution in [0.25, 0.3) is 11.4 Å². The summed E-state index contributed by atoms with van der Waals surface area (Å²) in [5.74, 6) is 0.840. The first-order valence-electron chi connectivity index (χ1n) is 8.22. The maximum absolute atomic E-state index is 12.3. The van der Waals surface area contributed by atoms with Gasteiger partial charge >= 0.3 is 5.69 Å². The number of hydrogen-bond donors (Lipinski definition) is 1. The van der Waals surface area contributed by atoms with Crippen LogP contribution in [0, 0.1) is 0 Å². The summed E-state index contributed by atoms with van der Waals surface area (Å²) in [6.07, 6.45) is 0. The zero-order valence-corrected chi connectivity index (χ0v) is 14.7. The number of carbonyl (C=O) groups excluding carboxylic acids is 1. The molecule has 1 amide bonds. The van der Waals surface area contributed by atoms with Gasteiger partial charge in [0.2, 0.25) is 0 Å². The highest BCUT2D eigenvalue weighted by atomic mass is 16.5. The number of rotatable bonds is 6. The van der Waals surface area contributed by atoms with Gasteiger partial charge in [0.25, 0.3) is 5.91 Å². The van der Waals surface area contributed by atoms with Crippen molar-refractivity contribution in [3.8, 4) is 17.1 Å². The maximum atomic E-state index is 12.3. The van der Waals surface area contributed by atoms with Gasteiger partial charge in [-0.3, -0.25) is 9.36 Å². The van der Waals surface area contributed by atoms with Crippen molar-refractivity contribution in [2.24, 2.45) is 7.05 Å². The number of aromatic nitrogens is 3. The summed E-state index contributed by atoms with van der Waals surface area (Å²) in [4.78, 5) is 24.6. The predicted molar refractivity (Wildman–Crippen MR) is 98.2 cm³/mol. The van der Waals surface area contributed by atoms with E-state index >= 15 is 0 Å². The van der Waals surface area contributed by atoms with Crippen LogP contribution in [0.2, 0.25) is 0 Å². The van der Waals surface area contributed by atoms with E-state index in [0.717, 1.165) is 5.56 Å². The first-order chi connectivity index (χ1) is 12.6. The molecule has 0 aliphatic heterocycles. The van der Waals surface area contributed by atoms with E-state index in [0.29, 0.717) is 17.1 Å². The number of benzene rings is 2. The number of hydrogen-bond acceptors (Lipinski definition) is 4. The third-order valence-electron chi connectivity index (χ3n) is 4.03. The highest BCUT2D eigenvalue weighted by molar-refractivity contribution is 5.96. The Bertz CT molecular complexity index is 960. The monoisotopic (exact) mass is 352 g/mol. The average Bonchev–Trinajstić information content (AvgIpc) is 2.97. The predicted octanol–water partition coefficient (Wildman–Crippen LogP) is 1.69. The molecule has 0 aliphatic rings. The van der Waals surface area contributed by atoms with Crippen LogP contribution in [0.15, 0.2) is 59.4 Å². The molecule has 2 aromatic carbocycles. The van der Waals surface area contributed by atoms with Gasteiger partial charge in [0, 0.05) is 19.2 Å². The van der Waals surface area contributed by atoms with Crippen molar-refractivity contribution >= 4 is 5.91 Å². The molecule has 0 saturated heterocycles. The number of nitrogens with one attached hydrogen (secondary N) is 1. The smallest absolute Gasteiger partial charge is 0.345 e. The second-order valence-electron chi connectivity index (χ2n) is 5.71. The van der Waals surface area contributed by atoms with Crippen molar-refractivity contribution in [1.29, 1.82) is 0 Å². The molecule has 26 heavy (non-hydrogen) atoms. The number of methoxy groups -OCH3 is 1. The molecule has 3 rings (SSSR count). The lowest BCUT2D eigenvalue weighted by Gasteiger charge is -2.08. The van der Waals surface area contributed by atoms with Crippen molar-refractivity contribution < 1.29 is 9.53 Å². The highest BCUT2D eigenvalue weighted by Gasteiger charge is 2.13. The standard InChI is InChI=1S/C19H20N4O3/c1-22-17(14-8-4-3-5-9-14)21-23(19(22)25)13-12-20-18(24)15-10-6-7-11-16(15)26-2/h3-11H,12-13H2,1-2H3,(H,20,24). The largest absolute Gasteiger partial charge is 0.496 e. The third kappa shape index (κ3) is 3.51. The molecule has 0 aliphatic carbocycles. The Kier molecular flexibility index (Phi) is 5.17. The van der Waals surface area contributed by atoms with E-state index in [1.807, 2.05) is 30.3 Å². The van der Waals surface area contributed by atoms with Gasteiger partial charge in [0.05, 0.1) is 19.2 Å². The quantitative estimate of drug-likeness (QED) is 0.732. The van der Waals surface area contributed by atoms with E-state index in [4.69, 9.17) is 4.74 Å². The summed E-state index contributed by atoms with van der Waals surface area (Å²) in [6, 6.07) is 16.5. The minimum Gasteiger partial charge on any atom is -0.496 e. The molecule has 134 valence electrons. The SMILES string of the molecule is COc1ccccc1C(=O)NCCn1nc(-c2ccccc2)n(C)c1=O. The Balaban J connectivity index is 1.69. The molecule has 0 fully saturated rings. The van der Waals surface area contributed by atoms with Crippen LogP contribution in [0.3, 0.4) is 0 Å². The molecule has 7 nitrogen and oxygen atoms in total. The number of carbonyl (C=O) groups is 1. The van der Waals surface area contributed by atoms with Gasteiger partial charge in [0.1, 0.15) is 5.75 Å². The summed E-state index contributed by atoms with van der Waals surface area (Å²) in [5.41, 5.74) is 1.09. The summed E-state index contributed by atoms with van der Waals surface area (Å²) >= 11 is 0.